The highest BCUT2D eigenvalue weighted by Crippen LogP contribution is 2.17. The fourth-order valence-electron chi connectivity index (χ4n) is 1.78. The minimum Gasteiger partial charge on any atom is -0.388 e. The zero-order valence-electron chi connectivity index (χ0n) is 10.9. The van der Waals surface area contributed by atoms with Gasteiger partial charge in [-0.15, -0.1) is 0 Å². The molecule has 0 fully saturated rings. The van der Waals surface area contributed by atoms with E-state index < -0.39 is 0 Å². The van der Waals surface area contributed by atoms with Gasteiger partial charge in [0.1, 0.15) is 5.82 Å². The van der Waals surface area contributed by atoms with Crippen LogP contribution in [0.3, 0.4) is 0 Å². The van der Waals surface area contributed by atoms with Crippen molar-refractivity contribution in [1.29, 1.82) is 0 Å². The molecular formula is C15H15FN2O. The van der Waals surface area contributed by atoms with Crippen LogP contribution < -0.4 is 10.2 Å². The summed E-state index contributed by atoms with van der Waals surface area (Å²) in [7, 11) is 3.47. The van der Waals surface area contributed by atoms with Crippen LogP contribution in [-0.4, -0.2) is 20.0 Å². The van der Waals surface area contributed by atoms with Crippen molar-refractivity contribution in [2.75, 3.05) is 24.3 Å². The molecule has 1 N–H and O–H groups in total. The number of hydrogen-bond donors (Lipinski definition) is 1. The van der Waals surface area contributed by atoms with Gasteiger partial charge >= 0.3 is 0 Å². The van der Waals surface area contributed by atoms with Crippen molar-refractivity contribution in [3.63, 3.8) is 0 Å². The number of carbonyl (C=O) groups is 1. The van der Waals surface area contributed by atoms with Crippen LogP contribution in [0.4, 0.5) is 15.8 Å². The fourth-order valence-corrected chi connectivity index (χ4v) is 1.78. The van der Waals surface area contributed by atoms with Gasteiger partial charge in [-0.05, 0) is 42.5 Å². The molecule has 0 atom stereocenters. The van der Waals surface area contributed by atoms with E-state index in [1.807, 2.05) is 12.1 Å². The van der Waals surface area contributed by atoms with Gasteiger partial charge in [-0.2, -0.15) is 0 Å². The topological polar surface area (TPSA) is 32.3 Å². The van der Waals surface area contributed by atoms with Crippen LogP contribution in [0.25, 0.3) is 0 Å². The molecule has 3 nitrogen and oxygen atoms in total. The summed E-state index contributed by atoms with van der Waals surface area (Å²) in [6.45, 7) is 0. The Morgan fingerprint density at radius 2 is 1.84 bits per heavy atom. The molecule has 0 aromatic heterocycles. The first kappa shape index (κ1) is 13.1. The van der Waals surface area contributed by atoms with E-state index in [2.05, 4.69) is 5.32 Å². The summed E-state index contributed by atoms with van der Waals surface area (Å²) in [5.74, 6) is -0.453. The molecule has 0 saturated heterocycles. The van der Waals surface area contributed by atoms with Gasteiger partial charge in [0.05, 0.1) is 0 Å². The molecule has 0 spiro atoms. The lowest BCUT2D eigenvalue weighted by Gasteiger charge is -2.17. The van der Waals surface area contributed by atoms with E-state index >= 15 is 0 Å². The van der Waals surface area contributed by atoms with Gasteiger partial charge in [0.15, 0.2) is 0 Å². The lowest BCUT2D eigenvalue weighted by atomic mass is 10.1. The summed E-state index contributed by atoms with van der Waals surface area (Å²) in [4.78, 5) is 13.8. The summed E-state index contributed by atoms with van der Waals surface area (Å²) >= 11 is 0. The Morgan fingerprint density at radius 1 is 1.16 bits per heavy atom. The average molecular weight is 258 g/mol. The number of nitrogens with one attached hydrogen (secondary N) is 1. The Balaban J connectivity index is 2.25. The lowest BCUT2D eigenvalue weighted by Crippen LogP contribution is -2.26. The van der Waals surface area contributed by atoms with Gasteiger partial charge in [0, 0.05) is 31.0 Å². The molecule has 0 aliphatic rings. The van der Waals surface area contributed by atoms with Crippen molar-refractivity contribution in [3.8, 4) is 0 Å². The van der Waals surface area contributed by atoms with Crippen LogP contribution in [0.15, 0.2) is 48.5 Å². The molecule has 0 radical (unpaired) electrons. The van der Waals surface area contributed by atoms with Gasteiger partial charge in [-0.3, -0.25) is 4.79 Å². The molecule has 0 aliphatic carbocycles. The number of carbonyl (C=O) groups excluding carboxylic acids is 1. The van der Waals surface area contributed by atoms with Crippen LogP contribution in [0, 0.1) is 5.82 Å². The summed E-state index contributed by atoms with van der Waals surface area (Å²) in [5.41, 5.74) is 2.11. The van der Waals surface area contributed by atoms with Crippen molar-refractivity contribution in [1.82, 2.24) is 0 Å². The predicted molar refractivity (Wildman–Crippen MR) is 75.1 cm³/mol. The first-order valence-electron chi connectivity index (χ1n) is 5.93. The molecule has 19 heavy (non-hydrogen) atoms. The Bertz CT molecular complexity index is 581. The maximum Gasteiger partial charge on any atom is 0.258 e. The Kier molecular flexibility index (Phi) is 3.80. The van der Waals surface area contributed by atoms with E-state index in [0.29, 0.717) is 11.3 Å². The van der Waals surface area contributed by atoms with Gasteiger partial charge in [-0.1, -0.05) is 6.07 Å². The zero-order valence-corrected chi connectivity index (χ0v) is 10.9. The van der Waals surface area contributed by atoms with E-state index in [9.17, 15) is 9.18 Å². The number of halogens is 1. The molecule has 0 bridgehead atoms. The smallest absolute Gasteiger partial charge is 0.258 e. The number of anilines is 2. The molecule has 0 unspecified atom stereocenters. The third kappa shape index (κ3) is 2.91. The van der Waals surface area contributed by atoms with E-state index in [4.69, 9.17) is 0 Å². The van der Waals surface area contributed by atoms with Crippen LogP contribution in [0.5, 0.6) is 0 Å². The molecule has 4 heteroatoms. The van der Waals surface area contributed by atoms with Gasteiger partial charge < -0.3 is 10.2 Å². The quantitative estimate of drug-likeness (QED) is 0.917. The summed E-state index contributed by atoms with van der Waals surface area (Å²) < 4.78 is 12.9. The van der Waals surface area contributed by atoms with E-state index in [1.54, 1.807) is 38.4 Å². The minimum atomic E-state index is -0.318. The Labute approximate surface area is 111 Å². The van der Waals surface area contributed by atoms with Crippen molar-refractivity contribution < 1.29 is 9.18 Å². The molecule has 2 aromatic rings. The summed E-state index contributed by atoms with van der Waals surface area (Å²) in [5, 5.41) is 2.99. The second-order valence-corrected chi connectivity index (χ2v) is 4.17. The van der Waals surface area contributed by atoms with Crippen LogP contribution >= 0.6 is 0 Å². The number of hydrogen-bond acceptors (Lipinski definition) is 2. The van der Waals surface area contributed by atoms with Gasteiger partial charge in [-0.25, -0.2) is 4.39 Å². The second kappa shape index (κ2) is 5.52. The third-order valence-electron chi connectivity index (χ3n) is 2.92. The molecule has 98 valence electrons. The first-order chi connectivity index (χ1) is 9.11. The molecular weight excluding hydrogens is 243 g/mol. The number of amides is 1. The van der Waals surface area contributed by atoms with E-state index in [-0.39, 0.29) is 11.7 Å². The Hall–Kier alpha value is -2.36. The second-order valence-electron chi connectivity index (χ2n) is 4.17. The Morgan fingerprint density at radius 3 is 2.47 bits per heavy atom. The summed E-state index contributed by atoms with van der Waals surface area (Å²) in [6, 6.07) is 13.1. The maximum absolute atomic E-state index is 12.9. The predicted octanol–water partition coefficient (Wildman–Crippen LogP) is 3.14. The highest BCUT2D eigenvalue weighted by Gasteiger charge is 2.13. The molecule has 1 amide bonds. The van der Waals surface area contributed by atoms with Gasteiger partial charge in [0.25, 0.3) is 5.91 Å². The average Bonchev–Trinajstić information content (AvgIpc) is 2.46. The fraction of sp³-hybridized carbons (Fsp3) is 0.133. The highest BCUT2D eigenvalue weighted by molar-refractivity contribution is 6.06. The SMILES string of the molecule is CNc1cccc(C(=O)N(C)c2ccc(F)cc2)c1. The number of nitrogens with zero attached hydrogens (tertiary/aromatic N) is 1. The van der Waals surface area contributed by atoms with Crippen molar-refractivity contribution >= 4 is 17.3 Å². The van der Waals surface area contributed by atoms with E-state index in [0.717, 1.165) is 5.69 Å². The third-order valence-corrected chi connectivity index (χ3v) is 2.92. The van der Waals surface area contributed by atoms with E-state index in [1.165, 1.54) is 17.0 Å². The number of rotatable bonds is 3. The first-order valence-corrected chi connectivity index (χ1v) is 5.93. The lowest BCUT2D eigenvalue weighted by molar-refractivity contribution is 0.0993. The largest absolute Gasteiger partial charge is 0.388 e. The van der Waals surface area contributed by atoms with Crippen LogP contribution in [0.2, 0.25) is 0 Å². The van der Waals surface area contributed by atoms with Crippen molar-refractivity contribution in [3.05, 3.63) is 59.9 Å². The monoisotopic (exact) mass is 258 g/mol. The van der Waals surface area contributed by atoms with Crippen LogP contribution in [-0.2, 0) is 0 Å². The standard InChI is InChI=1S/C15H15FN2O/c1-17-13-5-3-4-11(10-13)15(19)18(2)14-8-6-12(16)7-9-14/h3-10,17H,1-2H3. The molecule has 0 aliphatic heterocycles. The maximum atomic E-state index is 12.9. The van der Waals surface area contributed by atoms with Crippen molar-refractivity contribution in [2.24, 2.45) is 0 Å². The summed E-state index contributed by atoms with van der Waals surface area (Å²) in [6.07, 6.45) is 0. The molecule has 0 heterocycles. The highest BCUT2D eigenvalue weighted by atomic mass is 19.1. The zero-order chi connectivity index (χ0) is 13.8. The molecule has 0 saturated carbocycles. The van der Waals surface area contributed by atoms with Gasteiger partial charge in [0.2, 0.25) is 0 Å². The molecule has 2 aromatic carbocycles. The minimum absolute atomic E-state index is 0.135. The number of benzene rings is 2. The normalized spacial score (nSPS) is 10.1. The molecule has 2 rings (SSSR count). The van der Waals surface area contributed by atoms with Crippen molar-refractivity contribution in [2.45, 2.75) is 0 Å². The van der Waals surface area contributed by atoms with Crippen LogP contribution in [0.1, 0.15) is 10.4 Å².